The summed E-state index contributed by atoms with van der Waals surface area (Å²) in [6, 6.07) is 14.2. The maximum atomic E-state index is 13.0. The fourth-order valence-electron chi connectivity index (χ4n) is 2.98. The lowest BCUT2D eigenvalue weighted by molar-refractivity contribution is -0.114. The van der Waals surface area contributed by atoms with Crippen LogP contribution in [0, 0.1) is 5.82 Å². The van der Waals surface area contributed by atoms with Crippen molar-refractivity contribution in [3.05, 3.63) is 65.5 Å². The Morgan fingerprint density at radius 2 is 2.00 bits per heavy atom. The summed E-state index contributed by atoms with van der Waals surface area (Å²) in [5.74, 6) is -0.396. The first-order valence-electron chi connectivity index (χ1n) is 8.55. The molecular weight excluding hydrogens is 319 g/mol. The van der Waals surface area contributed by atoms with Crippen LogP contribution in [0.2, 0.25) is 0 Å². The van der Waals surface area contributed by atoms with E-state index in [0.717, 1.165) is 29.7 Å². The first kappa shape index (κ1) is 17.6. The summed E-state index contributed by atoms with van der Waals surface area (Å²) in [7, 11) is 0. The Labute approximate surface area is 147 Å². The molecule has 1 fully saturated rings. The topological polar surface area (TPSA) is 52.6 Å². The van der Waals surface area contributed by atoms with Crippen LogP contribution in [-0.4, -0.2) is 28.5 Å². The number of carbonyl (C=O) groups excluding carboxylic acids is 1. The Bertz CT molecular complexity index is 729. The minimum absolute atomic E-state index is 0.0945. The molecule has 2 aromatic rings. The average Bonchev–Trinajstić information content (AvgIpc) is 3.39. The van der Waals surface area contributed by atoms with E-state index < -0.39 is 6.10 Å². The summed E-state index contributed by atoms with van der Waals surface area (Å²) in [5, 5.41) is 13.3. The van der Waals surface area contributed by atoms with Gasteiger partial charge in [0.05, 0.1) is 6.10 Å². The number of hydrogen-bond donors (Lipinski definition) is 2. The van der Waals surface area contributed by atoms with Crippen molar-refractivity contribution < 1.29 is 14.3 Å². The van der Waals surface area contributed by atoms with Gasteiger partial charge in [0.2, 0.25) is 5.91 Å². The van der Waals surface area contributed by atoms with E-state index >= 15 is 0 Å². The molecule has 1 saturated carbocycles. The first-order valence-corrected chi connectivity index (χ1v) is 8.55. The van der Waals surface area contributed by atoms with Crippen molar-refractivity contribution in [3.8, 4) is 0 Å². The molecule has 1 aliphatic rings. The van der Waals surface area contributed by atoms with E-state index in [4.69, 9.17) is 0 Å². The lowest BCUT2D eigenvalue weighted by atomic mass is 10.1. The van der Waals surface area contributed by atoms with Gasteiger partial charge in [0.15, 0.2) is 0 Å². The fraction of sp³-hybridized carbons (Fsp3) is 0.350. The van der Waals surface area contributed by atoms with Gasteiger partial charge in [-0.1, -0.05) is 24.3 Å². The maximum Gasteiger partial charge on any atom is 0.221 e. The lowest BCUT2D eigenvalue weighted by Gasteiger charge is -2.25. The highest BCUT2D eigenvalue weighted by atomic mass is 19.1. The number of halogens is 1. The predicted molar refractivity (Wildman–Crippen MR) is 95.5 cm³/mol. The number of nitrogens with one attached hydrogen (secondary N) is 1. The molecule has 0 radical (unpaired) electrons. The van der Waals surface area contributed by atoms with Gasteiger partial charge in [-0.3, -0.25) is 9.69 Å². The highest BCUT2D eigenvalue weighted by Crippen LogP contribution is 2.30. The number of carbonyl (C=O) groups is 1. The Hall–Kier alpha value is -2.24. The molecule has 0 aromatic heterocycles. The van der Waals surface area contributed by atoms with E-state index in [0.29, 0.717) is 19.1 Å². The molecule has 0 saturated heterocycles. The Kier molecular flexibility index (Phi) is 5.46. The largest absolute Gasteiger partial charge is 0.387 e. The molecule has 5 heteroatoms. The van der Waals surface area contributed by atoms with Crippen molar-refractivity contribution in [2.24, 2.45) is 0 Å². The molecule has 2 N–H and O–H groups in total. The van der Waals surface area contributed by atoms with Gasteiger partial charge in [-0.05, 0) is 48.2 Å². The van der Waals surface area contributed by atoms with E-state index in [1.807, 2.05) is 24.3 Å². The van der Waals surface area contributed by atoms with Crippen LogP contribution in [0.1, 0.15) is 37.0 Å². The summed E-state index contributed by atoms with van der Waals surface area (Å²) in [4.78, 5) is 13.5. The van der Waals surface area contributed by atoms with Crippen molar-refractivity contribution in [2.75, 3.05) is 11.9 Å². The molecule has 2 aromatic carbocycles. The van der Waals surface area contributed by atoms with E-state index in [9.17, 15) is 14.3 Å². The second-order valence-corrected chi connectivity index (χ2v) is 6.61. The van der Waals surface area contributed by atoms with Crippen molar-refractivity contribution in [1.29, 1.82) is 0 Å². The number of aliphatic hydroxyl groups is 1. The van der Waals surface area contributed by atoms with E-state index in [2.05, 4.69) is 10.2 Å². The van der Waals surface area contributed by atoms with Gasteiger partial charge in [0.25, 0.3) is 0 Å². The van der Waals surface area contributed by atoms with Crippen molar-refractivity contribution in [3.63, 3.8) is 0 Å². The molecule has 1 amide bonds. The number of rotatable bonds is 7. The SMILES string of the molecule is CC(=O)Nc1cccc(CN(CC(O)c2ccc(F)cc2)C2CC2)c1. The highest BCUT2D eigenvalue weighted by Gasteiger charge is 2.30. The van der Waals surface area contributed by atoms with E-state index in [-0.39, 0.29) is 11.7 Å². The lowest BCUT2D eigenvalue weighted by Crippen LogP contribution is -2.30. The monoisotopic (exact) mass is 342 g/mol. The smallest absolute Gasteiger partial charge is 0.221 e. The second-order valence-electron chi connectivity index (χ2n) is 6.61. The maximum absolute atomic E-state index is 13.0. The third kappa shape index (κ3) is 5.11. The molecule has 1 aliphatic carbocycles. The summed E-state index contributed by atoms with van der Waals surface area (Å²) in [6.07, 6.45) is 1.60. The van der Waals surface area contributed by atoms with Crippen LogP contribution < -0.4 is 5.32 Å². The predicted octanol–water partition coefficient (Wildman–Crippen LogP) is 3.48. The Balaban J connectivity index is 1.67. The summed E-state index contributed by atoms with van der Waals surface area (Å²) < 4.78 is 13.0. The molecule has 1 unspecified atom stereocenters. The molecule has 0 spiro atoms. The van der Waals surface area contributed by atoms with Gasteiger partial charge in [-0.25, -0.2) is 4.39 Å². The number of hydrogen-bond acceptors (Lipinski definition) is 3. The minimum atomic E-state index is -0.653. The first-order chi connectivity index (χ1) is 12.0. The quantitative estimate of drug-likeness (QED) is 0.810. The normalized spacial score (nSPS) is 15.2. The van der Waals surface area contributed by atoms with Crippen LogP contribution in [0.3, 0.4) is 0 Å². The zero-order valence-corrected chi connectivity index (χ0v) is 14.3. The molecule has 0 heterocycles. The zero-order chi connectivity index (χ0) is 17.8. The Morgan fingerprint density at radius 1 is 1.28 bits per heavy atom. The number of anilines is 1. The molecule has 25 heavy (non-hydrogen) atoms. The molecular formula is C20H23FN2O2. The third-order valence-electron chi connectivity index (χ3n) is 4.36. The molecule has 3 rings (SSSR count). The highest BCUT2D eigenvalue weighted by molar-refractivity contribution is 5.88. The van der Waals surface area contributed by atoms with Gasteiger partial charge in [-0.15, -0.1) is 0 Å². The zero-order valence-electron chi connectivity index (χ0n) is 14.3. The number of nitrogens with zero attached hydrogens (tertiary/aromatic N) is 1. The van der Waals surface area contributed by atoms with Crippen LogP contribution in [-0.2, 0) is 11.3 Å². The number of aliphatic hydroxyl groups excluding tert-OH is 1. The van der Waals surface area contributed by atoms with Gasteiger partial charge in [0, 0.05) is 31.7 Å². The van der Waals surface area contributed by atoms with Gasteiger partial charge in [-0.2, -0.15) is 0 Å². The molecule has 4 nitrogen and oxygen atoms in total. The molecule has 0 bridgehead atoms. The van der Waals surface area contributed by atoms with E-state index in [1.165, 1.54) is 19.1 Å². The van der Waals surface area contributed by atoms with Crippen LogP contribution in [0.4, 0.5) is 10.1 Å². The van der Waals surface area contributed by atoms with Gasteiger partial charge < -0.3 is 10.4 Å². The average molecular weight is 342 g/mol. The number of benzene rings is 2. The summed E-state index contributed by atoms with van der Waals surface area (Å²) >= 11 is 0. The van der Waals surface area contributed by atoms with Crippen molar-refractivity contribution in [2.45, 2.75) is 38.5 Å². The standard InChI is InChI=1S/C20H23FN2O2/c1-14(24)22-18-4-2-3-15(11-18)12-23(19-9-10-19)13-20(25)16-5-7-17(21)8-6-16/h2-8,11,19-20,25H,9-10,12-13H2,1H3,(H,22,24). The van der Waals surface area contributed by atoms with E-state index in [1.54, 1.807) is 12.1 Å². The fourth-order valence-corrected chi connectivity index (χ4v) is 2.98. The molecule has 132 valence electrons. The minimum Gasteiger partial charge on any atom is -0.387 e. The van der Waals surface area contributed by atoms with Gasteiger partial charge in [0.1, 0.15) is 5.82 Å². The molecule has 1 atom stereocenters. The van der Waals surface area contributed by atoms with Crippen LogP contribution >= 0.6 is 0 Å². The molecule has 0 aliphatic heterocycles. The number of amides is 1. The van der Waals surface area contributed by atoms with Crippen LogP contribution in [0.15, 0.2) is 48.5 Å². The van der Waals surface area contributed by atoms with Crippen LogP contribution in [0.25, 0.3) is 0 Å². The summed E-state index contributed by atoms with van der Waals surface area (Å²) in [5.41, 5.74) is 2.59. The van der Waals surface area contributed by atoms with Crippen molar-refractivity contribution >= 4 is 11.6 Å². The second kappa shape index (κ2) is 7.76. The third-order valence-corrected chi connectivity index (χ3v) is 4.36. The van der Waals surface area contributed by atoms with Crippen molar-refractivity contribution in [1.82, 2.24) is 4.90 Å². The van der Waals surface area contributed by atoms with Gasteiger partial charge >= 0.3 is 0 Å². The summed E-state index contributed by atoms with van der Waals surface area (Å²) in [6.45, 7) is 2.69. The van der Waals surface area contributed by atoms with Crippen LogP contribution in [0.5, 0.6) is 0 Å². The Morgan fingerprint density at radius 3 is 2.64 bits per heavy atom.